The first-order chi connectivity index (χ1) is 13.9. The van der Waals surface area contributed by atoms with E-state index in [2.05, 4.69) is 5.10 Å². The number of hydrogen-bond donors (Lipinski definition) is 1. The predicted molar refractivity (Wildman–Crippen MR) is 109 cm³/mol. The number of carbonyl (C=O) groups is 2. The maximum atomic E-state index is 12.6. The maximum absolute atomic E-state index is 12.6. The third-order valence-electron chi connectivity index (χ3n) is 5.36. The Kier molecular flexibility index (Phi) is 6.69. The fourth-order valence-electron chi connectivity index (χ4n) is 3.32. The second-order valence-corrected chi connectivity index (χ2v) is 7.75. The molecule has 0 atom stereocenters. The second-order valence-electron chi connectivity index (χ2n) is 7.75. The molecule has 1 aliphatic carbocycles. The first kappa shape index (κ1) is 21.0. The molecular formula is C22H29N3O4. The molecule has 3 rings (SSSR count). The van der Waals surface area contributed by atoms with E-state index in [9.17, 15) is 9.59 Å². The molecule has 1 saturated carbocycles. The van der Waals surface area contributed by atoms with Crippen molar-refractivity contribution in [1.29, 1.82) is 0 Å². The quantitative estimate of drug-likeness (QED) is 0.621. The smallest absolute Gasteiger partial charge is 0.303 e. The number of aromatic nitrogens is 2. The van der Waals surface area contributed by atoms with E-state index in [-0.39, 0.29) is 12.3 Å². The van der Waals surface area contributed by atoms with Gasteiger partial charge in [0.05, 0.1) is 18.0 Å². The highest BCUT2D eigenvalue weighted by atomic mass is 16.5. The Morgan fingerprint density at radius 3 is 2.55 bits per heavy atom. The number of hydrogen-bond acceptors (Lipinski definition) is 4. The molecule has 0 radical (unpaired) electrons. The average Bonchev–Trinajstić information content (AvgIpc) is 3.48. The summed E-state index contributed by atoms with van der Waals surface area (Å²) in [5, 5.41) is 13.5. The number of amides is 1. The Balaban J connectivity index is 1.62. The van der Waals surface area contributed by atoms with Crippen molar-refractivity contribution in [3.8, 4) is 5.69 Å². The highest BCUT2D eigenvalue weighted by Gasteiger charge is 2.21. The summed E-state index contributed by atoms with van der Waals surface area (Å²) < 4.78 is 7.41. The van der Waals surface area contributed by atoms with E-state index in [1.54, 1.807) is 28.8 Å². The molecule has 0 aliphatic heterocycles. The van der Waals surface area contributed by atoms with Crippen LogP contribution in [0.15, 0.2) is 24.3 Å². The largest absolute Gasteiger partial charge is 0.481 e. The van der Waals surface area contributed by atoms with E-state index in [4.69, 9.17) is 9.84 Å². The van der Waals surface area contributed by atoms with Crippen LogP contribution in [0.2, 0.25) is 0 Å². The van der Waals surface area contributed by atoms with Gasteiger partial charge < -0.3 is 14.7 Å². The number of carbonyl (C=O) groups excluding carboxylic acids is 1. The molecule has 29 heavy (non-hydrogen) atoms. The summed E-state index contributed by atoms with van der Waals surface area (Å²) in [6, 6.07) is 7.33. The third-order valence-corrected chi connectivity index (χ3v) is 5.36. The zero-order valence-electron chi connectivity index (χ0n) is 17.4. The van der Waals surface area contributed by atoms with Crippen molar-refractivity contribution in [2.75, 3.05) is 26.8 Å². The van der Waals surface area contributed by atoms with Gasteiger partial charge in [0.1, 0.15) is 0 Å². The van der Waals surface area contributed by atoms with Gasteiger partial charge in [-0.1, -0.05) is 0 Å². The highest BCUT2D eigenvalue weighted by Crippen LogP contribution is 2.28. The fourth-order valence-corrected chi connectivity index (χ4v) is 3.32. The maximum Gasteiger partial charge on any atom is 0.303 e. The summed E-state index contributed by atoms with van der Waals surface area (Å²) in [4.78, 5) is 25.1. The molecule has 0 bridgehead atoms. The zero-order chi connectivity index (χ0) is 21.0. The van der Waals surface area contributed by atoms with Crippen molar-refractivity contribution < 1.29 is 19.4 Å². The molecule has 1 aromatic carbocycles. The average molecular weight is 399 g/mol. The van der Waals surface area contributed by atoms with Gasteiger partial charge in [-0.3, -0.25) is 9.59 Å². The predicted octanol–water partition coefficient (Wildman–Crippen LogP) is 3.00. The lowest BCUT2D eigenvalue weighted by Gasteiger charge is -2.17. The van der Waals surface area contributed by atoms with Crippen molar-refractivity contribution in [2.45, 2.75) is 39.5 Å². The first-order valence-electron chi connectivity index (χ1n) is 10.1. The van der Waals surface area contributed by atoms with Crippen LogP contribution in [0.3, 0.4) is 0 Å². The van der Waals surface area contributed by atoms with Crippen molar-refractivity contribution >= 4 is 11.9 Å². The van der Waals surface area contributed by atoms with Crippen molar-refractivity contribution in [2.24, 2.45) is 5.92 Å². The Morgan fingerprint density at radius 2 is 1.93 bits per heavy atom. The third kappa shape index (κ3) is 5.44. The molecule has 1 aliphatic rings. The number of carboxylic acid groups (broad SMARTS) is 1. The number of benzene rings is 1. The SMILES string of the molecule is Cc1nn(-c2ccc(C(=O)N(C)CCOCC3CC3)cc2)c(C)c1CCC(=O)O. The van der Waals surface area contributed by atoms with Gasteiger partial charge in [-0.15, -0.1) is 0 Å². The molecule has 1 amide bonds. The van der Waals surface area contributed by atoms with E-state index in [1.165, 1.54) is 12.8 Å². The molecule has 1 aromatic heterocycles. The van der Waals surface area contributed by atoms with Crippen LogP contribution in [0.4, 0.5) is 0 Å². The Bertz CT molecular complexity index is 869. The number of likely N-dealkylation sites (N-methyl/N-ethyl adjacent to an activating group) is 1. The molecule has 7 nitrogen and oxygen atoms in total. The molecule has 0 unspecified atom stereocenters. The van der Waals surface area contributed by atoms with Crippen molar-refractivity contribution in [1.82, 2.24) is 14.7 Å². The monoisotopic (exact) mass is 399 g/mol. The minimum absolute atomic E-state index is 0.0397. The summed E-state index contributed by atoms with van der Waals surface area (Å²) in [6.07, 6.45) is 3.06. The Hall–Kier alpha value is -2.67. The molecule has 156 valence electrons. The molecule has 0 spiro atoms. The first-order valence-corrected chi connectivity index (χ1v) is 10.1. The van der Waals surface area contributed by atoms with Gasteiger partial charge in [0.2, 0.25) is 0 Å². The molecule has 7 heteroatoms. The normalized spacial score (nSPS) is 13.5. The molecule has 1 heterocycles. The number of ether oxygens (including phenoxy) is 1. The number of carboxylic acids is 1. The minimum atomic E-state index is -0.818. The Morgan fingerprint density at radius 1 is 1.24 bits per heavy atom. The van der Waals surface area contributed by atoms with Gasteiger partial charge in [-0.05, 0) is 68.9 Å². The lowest BCUT2D eigenvalue weighted by atomic mass is 10.1. The van der Waals surface area contributed by atoms with Crippen LogP contribution in [-0.4, -0.2) is 58.5 Å². The molecule has 2 aromatic rings. The minimum Gasteiger partial charge on any atom is -0.481 e. The van der Waals surface area contributed by atoms with Crippen LogP contribution < -0.4 is 0 Å². The standard InChI is InChI=1S/C22H29N3O4/c1-15-20(10-11-21(26)27)16(2)25(23-15)19-8-6-18(7-9-19)22(28)24(3)12-13-29-14-17-4-5-17/h6-9,17H,4-5,10-14H2,1-3H3,(H,26,27). The van der Waals surface area contributed by atoms with Crippen LogP contribution in [0.5, 0.6) is 0 Å². The summed E-state index contributed by atoms with van der Waals surface area (Å²) in [7, 11) is 1.78. The molecule has 0 saturated heterocycles. The number of nitrogens with zero attached hydrogens (tertiary/aromatic N) is 3. The van der Waals surface area contributed by atoms with E-state index >= 15 is 0 Å². The molecule has 1 fully saturated rings. The highest BCUT2D eigenvalue weighted by molar-refractivity contribution is 5.94. The van der Waals surface area contributed by atoms with Crippen LogP contribution in [0.25, 0.3) is 5.69 Å². The van der Waals surface area contributed by atoms with Gasteiger partial charge in [-0.25, -0.2) is 4.68 Å². The van der Waals surface area contributed by atoms with Crippen LogP contribution in [0, 0.1) is 19.8 Å². The molecular weight excluding hydrogens is 370 g/mol. The number of aliphatic carboxylic acids is 1. The van der Waals surface area contributed by atoms with E-state index in [0.717, 1.165) is 35.2 Å². The van der Waals surface area contributed by atoms with Crippen molar-refractivity contribution in [3.63, 3.8) is 0 Å². The van der Waals surface area contributed by atoms with Gasteiger partial charge in [0.25, 0.3) is 5.91 Å². The lowest BCUT2D eigenvalue weighted by Crippen LogP contribution is -2.30. The summed E-state index contributed by atoms with van der Waals surface area (Å²) in [5.41, 5.74) is 4.17. The van der Waals surface area contributed by atoms with Gasteiger partial charge in [0.15, 0.2) is 0 Å². The van der Waals surface area contributed by atoms with E-state index in [1.807, 2.05) is 26.0 Å². The van der Waals surface area contributed by atoms with E-state index in [0.29, 0.717) is 25.1 Å². The number of aryl methyl sites for hydroxylation is 1. The second kappa shape index (κ2) is 9.22. The lowest BCUT2D eigenvalue weighted by molar-refractivity contribution is -0.136. The van der Waals surface area contributed by atoms with Gasteiger partial charge >= 0.3 is 5.97 Å². The zero-order valence-corrected chi connectivity index (χ0v) is 17.4. The van der Waals surface area contributed by atoms with Crippen LogP contribution in [0.1, 0.15) is 46.6 Å². The molecule has 1 N–H and O–H groups in total. The van der Waals surface area contributed by atoms with Crippen molar-refractivity contribution in [3.05, 3.63) is 46.8 Å². The summed E-state index contributed by atoms with van der Waals surface area (Å²) in [6.45, 7) is 5.75. The summed E-state index contributed by atoms with van der Waals surface area (Å²) >= 11 is 0. The fraction of sp³-hybridized carbons (Fsp3) is 0.500. The van der Waals surface area contributed by atoms with Crippen LogP contribution >= 0.6 is 0 Å². The van der Waals surface area contributed by atoms with Crippen LogP contribution in [-0.2, 0) is 16.0 Å². The van der Waals surface area contributed by atoms with Gasteiger partial charge in [-0.2, -0.15) is 5.10 Å². The summed E-state index contributed by atoms with van der Waals surface area (Å²) in [5.74, 6) is -0.133. The van der Waals surface area contributed by atoms with Gasteiger partial charge in [0, 0.05) is 37.9 Å². The van der Waals surface area contributed by atoms with E-state index < -0.39 is 5.97 Å². The topological polar surface area (TPSA) is 84.7 Å². The number of rotatable bonds is 10. The Labute approximate surface area is 171 Å².